The zero-order valence-electron chi connectivity index (χ0n) is 10.1. The largest absolute Gasteiger partial charge is 0.394 e. The molecule has 2 aromatic rings. The fourth-order valence-corrected chi connectivity index (χ4v) is 2.39. The van der Waals surface area contributed by atoms with Gasteiger partial charge in [-0.15, -0.1) is 0 Å². The van der Waals surface area contributed by atoms with Gasteiger partial charge in [-0.3, -0.25) is 0 Å². The van der Waals surface area contributed by atoms with Gasteiger partial charge >= 0.3 is 0 Å². The maximum atomic E-state index is 9.29. The maximum absolute atomic E-state index is 9.29. The number of fused-ring (bicyclic) bond motifs is 1. The van der Waals surface area contributed by atoms with Crippen molar-refractivity contribution in [2.45, 2.75) is 24.9 Å². The van der Waals surface area contributed by atoms with Crippen molar-refractivity contribution in [3.8, 4) is 0 Å². The van der Waals surface area contributed by atoms with Crippen molar-refractivity contribution >= 4 is 10.9 Å². The van der Waals surface area contributed by atoms with Gasteiger partial charge in [0, 0.05) is 36.2 Å². The zero-order valence-corrected chi connectivity index (χ0v) is 10.1. The first-order valence-corrected chi connectivity index (χ1v) is 6.13. The highest BCUT2D eigenvalue weighted by molar-refractivity contribution is 5.83. The first kappa shape index (κ1) is 10.8. The first-order valence-electron chi connectivity index (χ1n) is 6.13. The van der Waals surface area contributed by atoms with Crippen LogP contribution < -0.4 is 5.32 Å². The number of nitrogens with zero attached hydrogens (tertiary/aromatic N) is 1. The molecule has 0 amide bonds. The van der Waals surface area contributed by atoms with Crippen LogP contribution in [0.15, 0.2) is 30.5 Å². The van der Waals surface area contributed by atoms with Gasteiger partial charge in [-0.25, -0.2) is 0 Å². The van der Waals surface area contributed by atoms with Crippen LogP contribution in [0.25, 0.3) is 10.9 Å². The molecule has 17 heavy (non-hydrogen) atoms. The summed E-state index contributed by atoms with van der Waals surface area (Å²) in [6.07, 6.45) is 4.35. The summed E-state index contributed by atoms with van der Waals surface area (Å²) in [5.41, 5.74) is 2.58. The molecule has 1 aliphatic rings. The van der Waals surface area contributed by atoms with E-state index < -0.39 is 0 Å². The monoisotopic (exact) mass is 230 g/mol. The molecular weight excluding hydrogens is 212 g/mol. The van der Waals surface area contributed by atoms with E-state index in [9.17, 15) is 5.11 Å². The Morgan fingerprint density at radius 1 is 1.35 bits per heavy atom. The molecule has 3 nitrogen and oxygen atoms in total. The predicted octanol–water partition coefficient (Wildman–Crippen LogP) is 1.79. The Morgan fingerprint density at radius 3 is 2.82 bits per heavy atom. The van der Waals surface area contributed by atoms with Gasteiger partial charge in [0.2, 0.25) is 0 Å². The number of nitrogens with one attached hydrogen (secondary N) is 1. The lowest BCUT2D eigenvalue weighted by Gasteiger charge is -2.13. The number of rotatable bonds is 4. The summed E-state index contributed by atoms with van der Waals surface area (Å²) >= 11 is 0. The minimum Gasteiger partial charge on any atom is -0.394 e. The molecule has 1 aromatic carbocycles. The molecule has 1 saturated carbocycles. The number of aryl methyl sites for hydroxylation is 1. The summed E-state index contributed by atoms with van der Waals surface area (Å²) in [4.78, 5) is 0. The molecule has 0 aliphatic heterocycles. The smallest absolute Gasteiger partial charge is 0.0613 e. The van der Waals surface area contributed by atoms with Gasteiger partial charge in [-0.05, 0) is 24.5 Å². The summed E-state index contributed by atoms with van der Waals surface area (Å²) in [5, 5.41) is 14.1. The summed E-state index contributed by atoms with van der Waals surface area (Å²) in [5.74, 6) is 0. The summed E-state index contributed by atoms with van der Waals surface area (Å²) in [7, 11) is 2.07. The van der Waals surface area contributed by atoms with E-state index in [1.807, 2.05) is 0 Å². The van der Waals surface area contributed by atoms with Crippen LogP contribution in [0.2, 0.25) is 0 Å². The average molecular weight is 230 g/mol. The van der Waals surface area contributed by atoms with Crippen molar-refractivity contribution < 1.29 is 5.11 Å². The molecule has 0 saturated heterocycles. The minimum absolute atomic E-state index is 0.0109. The van der Waals surface area contributed by atoms with Crippen molar-refractivity contribution in [1.29, 1.82) is 0 Å². The zero-order chi connectivity index (χ0) is 11.9. The van der Waals surface area contributed by atoms with E-state index in [4.69, 9.17) is 0 Å². The Kier molecular flexibility index (Phi) is 2.45. The van der Waals surface area contributed by atoms with Crippen molar-refractivity contribution in [3.05, 3.63) is 36.0 Å². The van der Waals surface area contributed by atoms with Crippen LogP contribution in [0, 0.1) is 0 Å². The van der Waals surface area contributed by atoms with Crippen LogP contribution in [-0.2, 0) is 13.6 Å². The summed E-state index contributed by atoms with van der Waals surface area (Å²) < 4.78 is 2.16. The molecule has 1 fully saturated rings. The second-order valence-electron chi connectivity index (χ2n) is 5.07. The molecule has 0 unspecified atom stereocenters. The van der Waals surface area contributed by atoms with Crippen molar-refractivity contribution in [1.82, 2.24) is 9.88 Å². The number of hydrogen-bond acceptors (Lipinski definition) is 2. The van der Waals surface area contributed by atoms with E-state index in [1.165, 1.54) is 16.5 Å². The molecule has 1 aliphatic carbocycles. The van der Waals surface area contributed by atoms with Crippen LogP contribution >= 0.6 is 0 Å². The van der Waals surface area contributed by atoms with E-state index in [1.54, 1.807) is 0 Å². The fraction of sp³-hybridized carbons (Fsp3) is 0.429. The molecule has 0 spiro atoms. The number of para-hydroxylation sites is 1. The van der Waals surface area contributed by atoms with Crippen LogP contribution in [-0.4, -0.2) is 21.8 Å². The van der Waals surface area contributed by atoms with Crippen molar-refractivity contribution in [2.24, 2.45) is 7.05 Å². The second kappa shape index (κ2) is 3.86. The van der Waals surface area contributed by atoms with E-state index >= 15 is 0 Å². The highest BCUT2D eigenvalue weighted by atomic mass is 16.3. The number of aliphatic hydroxyl groups is 1. The SMILES string of the molecule is Cn1cc(CNC2(CO)CC2)c2ccccc21. The Hall–Kier alpha value is -1.32. The molecule has 3 heteroatoms. The average Bonchev–Trinajstić information content (AvgIpc) is 3.08. The van der Waals surface area contributed by atoms with Crippen LogP contribution in [0.3, 0.4) is 0 Å². The van der Waals surface area contributed by atoms with E-state index in [-0.39, 0.29) is 12.1 Å². The highest BCUT2D eigenvalue weighted by Crippen LogP contribution is 2.35. The van der Waals surface area contributed by atoms with Gasteiger partial charge in [0.25, 0.3) is 0 Å². The summed E-state index contributed by atoms with van der Waals surface area (Å²) in [6, 6.07) is 8.43. The van der Waals surface area contributed by atoms with Crippen LogP contribution in [0.5, 0.6) is 0 Å². The van der Waals surface area contributed by atoms with Gasteiger partial charge in [0.15, 0.2) is 0 Å². The molecular formula is C14H18N2O. The van der Waals surface area contributed by atoms with Gasteiger partial charge in [0.1, 0.15) is 0 Å². The van der Waals surface area contributed by atoms with Crippen molar-refractivity contribution in [3.63, 3.8) is 0 Å². The minimum atomic E-state index is 0.0109. The van der Waals surface area contributed by atoms with E-state index in [0.717, 1.165) is 19.4 Å². The Morgan fingerprint density at radius 2 is 2.12 bits per heavy atom. The third-order valence-electron chi connectivity index (χ3n) is 3.79. The number of aliphatic hydroxyl groups excluding tert-OH is 1. The number of aromatic nitrogens is 1. The molecule has 1 aromatic heterocycles. The van der Waals surface area contributed by atoms with Crippen LogP contribution in [0.4, 0.5) is 0 Å². The first-order chi connectivity index (χ1) is 8.24. The Bertz CT molecular complexity index is 540. The molecule has 90 valence electrons. The molecule has 0 radical (unpaired) electrons. The molecule has 3 rings (SSSR count). The molecule has 2 N–H and O–H groups in total. The van der Waals surface area contributed by atoms with Crippen LogP contribution in [0.1, 0.15) is 18.4 Å². The second-order valence-corrected chi connectivity index (χ2v) is 5.07. The molecule has 0 atom stereocenters. The number of hydrogen-bond donors (Lipinski definition) is 2. The fourth-order valence-electron chi connectivity index (χ4n) is 2.39. The third kappa shape index (κ3) is 1.85. The lowest BCUT2D eigenvalue weighted by Crippen LogP contribution is -2.34. The van der Waals surface area contributed by atoms with Gasteiger partial charge < -0.3 is 15.0 Å². The molecule has 0 bridgehead atoms. The lowest BCUT2D eigenvalue weighted by atomic mass is 10.1. The maximum Gasteiger partial charge on any atom is 0.0613 e. The van der Waals surface area contributed by atoms with E-state index in [2.05, 4.69) is 47.4 Å². The lowest BCUT2D eigenvalue weighted by molar-refractivity contribution is 0.230. The van der Waals surface area contributed by atoms with Crippen molar-refractivity contribution in [2.75, 3.05) is 6.61 Å². The van der Waals surface area contributed by atoms with Gasteiger partial charge in [-0.1, -0.05) is 18.2 Å². The normalized spacial score (nSPS) is 17.5. The summed E-state index contributed by atoms with van der Waals surface area (Å²) in [6.45, 7) is 1.08. The molecule has 1 heterocycles. The third-order valence-corrected chi connectivity index (χ3v) is 3.79. The quantitative estimate of drug-likeness (QED) is 0.840. The highest BCUT2D eigenvalue weighted by Gasteiger charge is 2.41. The van der Waals surface area contributed by atoms with Gasteiger partial charge in [0.05, 0.1) is 6.61 Å². The predicted molar refractivity (Wildman–Crippen MR) is 68.8 cm³/mol. The number of benzene rings is 1. The Balaban J connectivity index is 1.85. The standard InChI is InChI=1S/C14H18N2O/c1-16-9-11(8-15-14(10-17)6-7-14)12-4-2-3-5-13(12)16/h2-5,9,15,17H,6-8,10H2,1H3. The van der Waals surface area contributed by atoms with Gasteiger partial charge in [-0.2, -0.15) is 0 Å². The topological polar surface area (TPSA) is 37.2 Å². The Labute approximate surface area is 101 Å². The van der Waals surface area contributed by atoms with E-state index in [0.29, 0.717) is 0 Å².